The Hall–Kier alpha value is -1.81. The van der Waals surface area contributed by atoms with Crippen LogP contribution in [0.2, 0.25) is 0 Å². The Kier molecular flexibility index (Phi) is 3.49. The summed E-state index contributed by atoms with van der Waals surface area (Å²) in [4.78, 5) is 0. The molecule has 0 amide bonds. The molecule has 0 atom stereocenters. The van der Waals surface area contributed by atoms with E-state index in [1.165, 1.54) is 11.3 Å². The van der Waals surface area contributed by atoms with Gasteiger partial charge in [0, 0.05) is 42.4 Å². The highest BCUT2D eigenvalue weighted by atomic mass is 16.5. The quantitative estimate of drug-likeness (QED) is 0.933. The van der Waals surface area contributed by atoms with Crippen LogP contribution in [0.3, 0.4) is 0 Å². The zero-order chi connectivity index (χ0) is 14.1. The summed E-state index contributed by atoms with van der Waals surface area (Å²) >= 11 is 0. The normalized spacial score (nSPS) is 14.4. The molecule has 3 rings (SSSR count). The molecule has 1 aromatic heterocycles. The largest absolute Gasteiger partial charge is 0.497 e. The average molecular weight is 271 g/mol. The minimum absolute atomic E-state index is 0.397. The predicted octanol–water partition coefficient (Wildman–Crippen LogP) is 2.79. The van der Waals surface area contributed by atoms with Crippen LogP contribution in [0.1, 0.15) is 31.1 Å². The van der Waals surface area contributed by atoms with Crippen LogP contribution in [-0.2, 0) is 13.0 Å². The molecule has 1 N–H and O–H groups in total. The van der Waals surface area contributed by atoms with Gasteiger partial charge in [-0.25, -0.2) is 0 Å². The first-order valence-electron chi connectivity index (χ1n) is 7.16. The summed E-state index contributed by atoms with van der Waals surface area (Å²) in [5, 5.41) is 8.30. The van der Waals surface area contributed by atoms with Gasteiger partial charge in [0.25, 0.3) is 0 Å². The third-order valence-corrected chi connectivity index (χ3v) is 3.81. The Labute approximate surface area is 119 Å². The molecule has 2 heterocycles. The van der Waals surface area contributed by atoms with Crippen LogP contribution in [0.4, 0.5) is 0 Å². The van der Waals surface area contributed by atoms with E-state index >= 15 is 0 Å². The minimum atomic E-state index is 0.397. The monoisotopic (exact) mass is 271 g/mol. The summed E-state index contributed by atoms with van der Waals surface area (Å²) in [6.45, 7) is 6.32. The number of nitrogens with one attached hydrogen (secondary N) is 1. The fourth-order valence-electron chi connectivity index (χ4n) is 2.78. The van der Waals surface area contributed by atoms with Crippen molar-refractivity contribution in [3.63, 3.8) is 0 Å². The van der Waals surface area contributed by atoms with Gasteiger partial charge < -0.3 is 10.1 Å². The number of methoxy groups -OCH3 is 1. The Morgan fingerprint density at radius 3 is 2.65 bits per heavy atom. The fraction of sp³-hybridized carbons (Fsp3) is 0.438. The lowest BCUT2D eigenvalue weighted by Crippen LogP contribution is -2.25. The van der Waals surface area contributed by atoms with Gasteiger partial charge in [0.05, 0.1) is 12.8 Å². The molecule has 4 nitrogen and oxygen atoms in total. The third-order valence-electron chi connectivity index (χ3n) is 3.81. The fourth-order valence-corrected chi connectivity index (χ4v) is 2.78. The van der Waals surface area contributed by atoms with Crippen molar-refractivity contribution in [1.82, 2.24) is 15.1 Å². The lowest BCUT2D eigenvalue weighted by Gasteiger charge is -2.17. The van der Waals surface area contributed by atoms with Crippen molar-refractivity contribution in [2.24, 2.45) is 0 Å². The standard InChI is InChI=1S/C16H21N3O/c1-11(2)19-15-8-9-17-10-14(15)16(18-19)12-4-6-13(20-3)7-5-12/h4-7,11,17H,8-10H2,1-3H3. The van der Waals surface area contributed by atoms with E-state index in [9.17, 15) is 0 Å². The molecule has 0 fully saturated rings. The first-order chi connectivity index (χ1) is 9.70. The summed E-state index contributed by atoms with van der Waals surface area (Å²) in [6.07, 6.45) is 1.05. The highest BCUT2D eigenvalue weighted by Gasteiger charge is 2.22. The molecule has 4 heteroatoms. The number of ether oxygens (including phenoxy) is 1. The van der Waals surface area contributed by atoms with E-state index in [1.807, 2.05) is 12.1 Å². The number of nitrogens with zero attached hydrogens (tertiary/aromatic N) is 2. The van der Waals surface area contributed by atoms with Crippen molar-refractivity contribution in [2.75, 3.05) is 13.7 Å². The highest BCUT2D eigenvalue weighted by molar-refractivity contribution is 5.65. The van der Waals surface area contributed by atoms with Crippen LogP contribution in [-0.4, -0.2) is 23.4 Å². The first kappa shape index (κ1) is 13.2. The zero-order valence-electron chi connectivity index (χ0n) is 12.3. The molecule has 20 heavy (non-hydrogen) atoms. The summed E-state index contributed by atoms with van der Waals surface area (Å²) in [5.41, 5.74) is 4.98. The molecule has 0 bridgehead atoms. The molecule has 0 saturated heterocycles. The van der Waals surface area contributed by atoms with Gasteiger partial charge in [-0.15, -0.1) is 0 Å². The SMILES string of the molecule is COc1ccc(-c2nn(C(C)C)c3c2CNCC3)cc1. The van der Waals surface area contributed by atoms with E-state index < -0.39 is 0 Å². The maximum atomic E-state index is 5.22. The van der Waals surface area contributed by atoms with Crippen LogP contribution in [0.25, 0.3) is 11.3 Å². The van der Waals surface area contributed by atoms with Gasteiger partial charge in [-0.3, -0.25) is 4.68 Å². The Morgan fingerprint density at radius 2 is 2.00 bits per heavy atom. The second-order valence-electron chi connectivity index (χ2n) is 5.47. The summed E-state index contributed by atoms with van der Waals surface area (Å²) in [6, 6.07) is 8.55. The van der Waals surface area contributed by atoms with E-state index in [2.05, 4.69) is 36.0 Å². The lowest BCUT2D eigenvalue weighted by atomic mass is 10.0. The van der Waals surface area contributed by atoms with Crippen molar-refractivity contribution < 1.29 is 4.74 Å². The Morgan fingerprint density at radius 1 is 1.25 bits per heavy atom. The number of aromatic nitrogens is 2. The van der Waals surface area contributed by atoms with Crippen LogP contribution in [0.15, 0.2) is 24.3 Å². The summed E-state index contributed by atoms with van der Waals surface area (Å²) in [7, 11) is 1.69. The highest BCUT2D eigenvalue weighted by Crippen LogP contribution is 2.30. The predicted molar refractivity (Wildman–Crippen MR) is 80.0 cm³/mol. The average Bonchev–Trinajstić information content (AvgIpc) is 2.87. The molecule has 0 aliphatic carbocycles. The maximum absolute atomic E-state index is 5.22. The number of rotatable bonds is 3. The number of benzene rings is 1. The first-order valence-corrected chi connectivity index (χ1v) is 7.16. The molecular weight excluding hydrogens is 250 g/mol. The van der Waals surface area contributed by atoms with Crippen LogP contribution >= 0.6 is 0 Å². The molecular formula is C16H21N3O. The second-order valence-corrected chi connectivity index (χ2v) is 5.47. The van der Waals surface area contributed by atoms with Crippen LogP contribution < -0.4 is 10.1 Å². The second kappa shape index (κ2) is 5.29. The molecule has 1 aliphatic heterocycles. The van der Waals surface area contributed by atoms with Gasteiger partial charge in [-0.1, -0.05) is 0 Å². The molecule has 1 aromatic carbocycles. The molecule has 2 aromatic rings. The maximum Gasteiger partial charge on any atom is 0.118 e. The van der Waals surface area contributed by atoms with Gasteiger partial charge in [0.1, 0.15) is 5.75 Å². The molecule has 106 valence electrons. The van der Waals surface area contributed by atoms with Crippen molar-refractivity contribution in [2.45, 2.75) is 32.9 Å². The molecule has 0 radical (unpaired) electrons. The Balaban J connectivity index is 2.08. The number of hydrogen-bond acceptors (Lipinski definition) is 3. The molecule has 1 aliphatic rings. The smallest absolute Gasteiger partial charge is 0.118 e. The van der Waals surface area contributed by atoms with Gasteiger partial charge in [-0.05, 0) is 38.1 Å². The van der Waals surface area contributed by atoms with Crippen LogP contribution in [0, 0.1) is 0 Å². The van der Waals surface area contributed by atoms with Crippen molar-refractivity contribution in [3.05, 3.63) is 35.5 Å². The van der Waals surface area contributed by atoms with Crippen molar-refractivity contribution in [1.29, 1.82) is 0 Å². The van der Waals surface area contributed by atoms with E-state index in [0.29, 0.717) is 6.04 Å². The van der Waals surface area contributed by atoms with Gasteiger partial charge in [0.2, 0.25) is 0 Å². The van der Waals surface area contributed by atoms with Gasteiger partial charge >= 0.3 is 0 Å². The summed E-state index contributed by atoms with van der Waals surface area (Å²) < 4.78 is 7.40. The van der Waals surface area contributed by atoms with Gasteiger partial charge in [-0.2, -0.15) is 5.10 Å². The molecule has 0 spiro atoms. The summed E-state index contributed by atoms with van der Waals surface area (Å²) in [5.74, 6) is 0.879. The van der Waals surface area contributed by atoms with Crippen LogP contribution in [0.5, 0.6) is 5.75 Å². The molecule has 0 saturated carbocycles. The van der Waals surface area contributed by atoms with Crippen molar-refractivity contribution >= 4 is 0 Å². The lowest BCUT2D eigenvalue weighted by molar-refractivity contribution is 0.415. The number of hydrogen-bond donors (Lipinski definition) is 1. The minimum Gasteiger partial charge on any atom is -0.497 e. The topological polar surface area (TPSA) is 39.1 Å². The zero-order valence-corrected chi connectivity index (χ0v) is 12.3. The van der Waals surface area contributed by atoms with Crippen molar-refractivity contribution in [3.8, 4) is 17.0 Å². The Bertz CT molecular complexity index is 599. The van der Waals surface area contributed by atoms with E-state index in [0.717, 1.165) is 36.5 Å². The van der Waals surface area contributed by atoms with E-state index in [1.54, 1.807) is 7.11 Å². The third kappa shape index (κ3) is 2.20. The van der Waals surface area contributed by atoms with Gasteiger partial charge in [0.15, 0.2) is 0 Å². The molecule has 0 unspecified atom stereocenters. The van der Waals surface area contributed by atoms with E-state index in [4.69, 9.17) is 9.84 Å². The number of fused-ring (bicyclic) bond motifs is 1. The van der Waals surface area contributed by atoms with E-state index in [-0.39, 0.29) is 0 Å².